The molecule has 0 radical (unpaired) electrons. The van der Waals surface area contributed by atoms with Gasteiger partial charge in [-0.1, -0.05) is 67.8 Å². The van der Waals surface area contributed by atoms with E-state index in [1.807, 2.05) is 6.07 Å². The Balaban J connectivity index is 1.65. The minimum atomic E-state index is -1.73. The van der Waals surface area contributed by atoms with E-state index in [-0.39, 0.29) is 26.0 Å². The fraction of sp³-hybridized carbons (Fsp3) is 0.519. The molecule has 1 heterocycles. The first kappa shape index (κ1) is 26.5. The van der Waals surface area contributed by atoms with Crippen molar-refractivity contribution in [2.24, 2.45) is 0 Å². The summed E-state index contributed by atoms with van der Waals surface area (Å²) in [6.45, 7) is 15.4. The lowest BCUT2D eigenvalue weighted by molar-refractivity contribution is 0.174. The summed E-state index contributed by atoms with van der Waals surface area (Å²) in [5.41, 5.74) is 2.49. The molecule has 0 saturated carbocycles. The van der Waals surface area contributed by atoms with Crippen LogP contribution in [0.15, 0.2) is 54.6 Å². The fourth-order valence-corrected chi connectivity index (χ4v) is 6.31. The molecule has 33 heavy (non-hydrogen) atoms. The predicted molar refractivity (Wildman–Crippen MR) is 152 cm³/mol. The molecule has 1 aliphatic rings. The quantitative estimate of drug-likeness (QED) is 0.179. The van der Waals surface area contributed by atoms with Gasteiger partial charge in [-0.2, -0.15) is 0 Å². The number of ether oxygens (including phenoxy) is 1. The summed E-state index contributed by atoms with van der Waals surface area (Å²) in [6, 6.07) is 19.3. The van der Waals surface area contributed by atoms with E-state index in [1.165, 1.54) is 11.1 Å². The molecule has 3 rings (SSSR count). The van der Waals surface area contributed by atoms with E-state index >= 15 is 0 Å². The number of halogens is 1. The van der Waals surface area contributed by atoms with Crippen molar-refractivity contribution in [1.82, 2.24) is 8.01 Å². The molecule has 0 aromatic heterocycles. The highest BCUT2D eigenvalue weighted by atomic mass is 127. The third-order valence-corrected chi connectivity index (χ3v) is 13.3. The summed E-state index contributed by atoms with van der Waals surface area (Å²) in [6.07, 6.45) is 1.48. The van der Waals surface area contributed by atoms with Crippen LogP contribution < -0.4 is 4.74 Å². The number of nitrogens with zero attached hydrogens (tertiary/aromatic N) is 2. The molecule has 2 aromatic rings. The second-order valence-electron chi connectivity index (χ2n) is 10.6. The Labute approximate surface area is 212 Å². The van der Waals surface area contributed by atoms with Gasteiger partial charge in [-0.3, -0.25) is 4.90 Å². The van der Waals surface area contributed by atoms with Crippen LogP contribution >= 0.6 is 21.0 Å². The molecule has 0 spiro atoms. The number of likely N-dealkylation sites (N-methyl/N-ethyl adjacent to an activating group) is 1. The lowest BCUT2D eigenvalue weighted by Crippen LogP contribution is -2.44. The van der Waals surface area contributed by atoms with Gasteiger partial charge in [0.25, 0.3) is 0 Å². The van der Waals surface area contributed by atoms with E-state index in [4.69, 9.17) is 9.16 Å². The average molecular weight is 581 g/mol. The topological polar surface area (TPSA) is 24.9 Å². The standard InChI is InChI=1S/C27H41IN2O2Si/c1-27(2,3)33(6,7)32-25-16-17-30(19-25)20-26(29(5)28-4)23-14-11-15-24(18-23)31-21-22-12-9-8-10-13-22/h8-15,18,25-26H,4,16-17,19-21H2,1-3,5-7H3/t25-,26+/m0/s1. The van der Waals surface area contributed by atoms with Crippen molar-refractivity contribution in [2.45, 2.75) is 64.1 Å². The highest BCUT2D eigenvalue weighted by Crippen LogP contribution is 2.38. The molecular formula is C27H41IN2O2Si. The van der Waals surface area contributed by atoms with Crippen molar-refractivity contribution in [2.75, 3.05) is 26.7 Å². The van der Waals surface area contributed by atoms with Crippen molar-refractivity contribution in [1.29, 1.82) is 0 Å². The maximum atomic E-state index is 6.72. The molecule has 1 saturated heterocycles. The second kappa shape index (κ2) is 11.6. The number of hydrogen-bond acceptors (Lipinski definition) is 4. The Kier molecular flexibility index (Phi) is 9.31. The van der Waals surface area contributed by atoms with Gasteiger partial charge < -0.3 is 9.16 Å². The zero-order valence-electron chi connectivity index (χ0n) is 21.2. The Morgan fingerprint density at radius 1 is 1.15 bits per heavy atom. The first-order chi connectivity index (χ1) is 15.6. The number of hydrogen-bond donors (Lipinski definition) is 0. The van der Waals surface area contributed by atoms with Gasteiger partial charge in [0.2, 0.25) is 0 Å². The molecule has 1 fully saturated rings. The zero-order valence-corrected chi connectivity index (χ0v) is 24.3. The molecule has 0 bridgehead atoms. The summed E-state index contributed by atoms with van der Waals surface area (Å²) >= 11 is -0.257. The van der Waals surface area contributed by atoms with Crippen LogP contribution in [0, 0.1) is 0 Å². The molecule has 0 N–H and O–H groups in total. The van der Waals surface area contributed by atoms with Crippen molar-refractivity contribution in [3.63, 3.8) is 0 Å². The van der Waals surface area contributed by atoms with Crippen LogP contribution in [0.3, 0.4) is 0 Å². The first-order valence-electron chi connectivity index (χ1n) is 11.9. The Hall–Kier alpha value is -1.06. The molecule has 0 amide bonds. The largest absolute Gasteiger partial charge is 0.489 e. The smallest absolute Gasteiger partial charge is 0.192 e. The number of benzene rings is 2. The van der Waals surface area contributed by atoms with Gasteiger partial charge in [-0.05, 0) is 75.9 Å². The monoisotopic (exact) mass is 580 g/mol. The molecule has 1 aliphatic heterocycles. The van der Waals surface area contributed by atoms with Gasteiger partial charge in [-0.25, -0.2) is 3.11 Å². The van der Waals surface area contributed by atoms with Crippen LogP contribution in [0.5, 0.6) is 5.75 Å². The normalized spacial score (nSPS) is 18.6. The molecule has 182 valence electrons. The first-order valence-corrected chi connectivity index (χ1v) is 17.3. The predicted octanol–water partition coefficient (Wildman–Crippen LogP) is 6.65. The maximum absolute atomic E-state index is 6.72. The average Bonchev–Trinajstić information content (AvgIpc) is 3.22. The minimum absolute atomic E-state index is 0.252. The van der Waals surface area contributed by atoms with Gasteiger partial charge >= 0.3 is 0 Å². The summed E-state index contributed by atoms with van der Waals surface area (Å²) in [5.74, 6) is 0.928. The van der Waals surface area contributed by atoms with E-state index < -0.39 is 8.32 Å². The van der Waals surface area contributed by atoms with Crippen molar-refractivity contribution < 1.29 is 9.16 Å². The molecular weight excluding hydrogens is 539 g/mol. The molecule has 6 heteroatoms. The van der Waals surface area contributed by atoms with Crippen LogP contribution in [0.25, 0.3) is 0 Å². The molecule has 2 aromatic carbocycles. The Bertz CT molecular complexity index is 900. The van der Waals surface area contributed by atoms with Gasteiger partial charge in [-0.15, -0.1) is 0 Å². The molecule has 0 aliphatic carbocycles. The minimum Gasteiger partial charge on any atom is -0.489 e. The Morgan fingerprint density at radius 2 is 1.88 bits per heavy atom. The third kappa shape index (κ3) is 7.46. The third-order valence-electron chi connectivity index (χ3n) is 7.04. The highest BCUT2D eigenvalue weighted by molar-refractivity contribution is 14.2. The number of rotatable bonds is 10. The fourth-order valence-electron chi connectivity index (χ4n) is 3.96. The van der Waals surface area contributed by atoms with Crippen molar-refractivity contribution in [3.8, 4) is 5.75 Å². The van der Waals surface area contributed by atoms with Gasteiger partial charge in [0.1, 0.15) is 12.4 Å². The van der Waals surface area contributed by atoms with Crippen LogP contribution in [0.1, 0.15) is 44.4 Å². The zero-order chi connectivity index (χ0) is 24.1. The summed E-state index contributed by atoms with van der Waals surface area (Å²) in [7, 11) is 0.475. The van der Waals surface area contributed by atoms with Gasteiger partial charge in [0, 0.05) is 19.6 Å². The van der Waals surface area contributed by atoms with Crippen LogP contribution in [0.4, 0.5) is 0 Å². The summed E-state index contributed by atoms with van der Waals surface area (Å²) < 4.78 is 19.5. The molecule has 4 nitrogen and oxygen atoms in total. The van der Waals surface area contributed by atoms with E-state index in [1.54, 1.807) is 0 Å². The van der Waals surface area contributed by atoms with E-state index in [0.29, 0.717) is 18.8 Å². The van der Waals surface area contributed by atoms with Crippen LogP contribution in [-0.2, 0) is 11.0 Å². The van der Waals surface area contributed by atoms with E-state index in [2.05, 4.69) is 102 Å². The lowest BCUT2D eigenvalue weighted by atomic mass is 10.1. The second-order valence-corrected chi connectivity index (χ2v) is 17.5. The van der Waals surface area contributed by atoms with Gasteiger partial charge in [0.05, 0.1) is 12.1 Å². The van der Waals surface area contributed by atoms with Crippen molar-refractivity contribution >= 4 is 33.8 Å². The van der Waals surface area contributed by atoms with Gasteiger partial charge in [0.15, 0.2) is 8.32 Å². The Morgan fingerprint density at radius 3 is 2.55 bits per heavy atom. The van der Waals surface area contributed by atoms with E-state index in [0.717, 1.165) is 31.8 Å². The van der Waals surface area contributed by atoms with Crippen molar-refractivity contribution in [3.05, 3.63) is 65.7 Å². The lowest BCUT2D eigenvalue weighted by Gasteiger charge is -2.38. The van der Waals surface area contributed by atoms with E-state index in [9.17, 15) is 0 Å². The maximum Gasteiger partial charge on any atom is 0.192 e. The van der Waals surface area contributed by atoms with Crippen LogP contribution in [-0.4, -0.2) is 53.6 Å². The molecule has 2 atom stereocenters. The van der Waals surface area contributed by atoms with Crippen LogP contribution in [0.2, 0.25) is 18.1 Å². The summed E-state index contributed by atoms with van der Waals surface area (Å²) in [4.78, 5) is 2.58. The molecule has 0 unspecified atom stereocenters. The summed E-state index contributed by atoms with van der Waals surface area (Å²) in [5, 5.41) is 0.252. The highest BCUT2D eigenvalue weighted by Gasteiger charge is 2.40. The SMILES string of the molecule is C=IN(C)[C@H](CN1CC[C@H](O[Si](C)(C)C(C)(C)C)C1)c1cccc(OCc2ccccc2)c1. The number of likely N-dealkylation sites (tertiary alicyclic amines) is 1.